The summed E-state index contributed by atoms with van der Waals surface area (Å²) in [7, 11) is 2.23. The molecule has 1 heterocycles. The van der Waals surface area contributed by atoms with Crippen molar-refractivity contribution in [3.8, 4) is 0 Å². The number of rotatable bonds is 4. The van der Waals surface area contributed by atoms with E-state index in [0.717, 1.165) is 32.6 Å². The molecule has 106 valence electrons. The summed E-state index contributed by atoms with van der Waals surface area (Å²) in [5.41, 5.74) is 8.33. The fraction of sp³-hybridized carbons (Fsp3) is 0.625. The van der Waals surface area contributed by atoms with Gasteiger partial charge in [-0.1, -0.05) is 24.3 Å². The van der Waals surface area contributed by atoms with Gasteiger partial charge in [0, 0.05) is 31.7 Å². The van der Waals surface area contributed by atoms with Crippen molar-refractivity contribution in [3.05, 3.63) is 35.4 Å². The Hall–Kier alpha value is -0.900. The molecule has 0 amide bonds. The second-order valence-electron chi connectivity index (χ2n) is 5.91. The van der Waals surface area contributed by atoms with Gasteiger partial charge in [0.25, 0.3) is 0 Å². The number of nitrogens with two attached hydrogens (primary N) is 1. The van der Waals surface area contributed by atoms with Crippen molar-refractivity contribution in [2.75, 3.05) is 26.7 Å². The second kappa shape index (κ2) is 6.51. The minimum absolute atomic E-state index is 0.639. The largest absolute Gasteiger partial charge is 0.330 e. The summed E-state index contributed by atoms with van der Waals surface area (Å²) in [4.78, 5) is 5.04. The first-order valence-electron chi connectivity index (χ1n) is 7.32. The van der Waals surface area contributed by atoms with Crippen LogP contribution in [0.2, 0.25) is 0 Å². The van der Waals surface area contributed by atoms with Crippen LogP contribution in [0.25, 0.3) is 0 Å². The van der Waals surface area contributed by atoms with Crippen LogP contribution in [-0.4, -0.2) is 48.6 Å². The van der Waals surface area contributed by atoms with E-state index < -0.39 is 0 Å². The Bertz CT molecular complexity index is 375. The van der Waals surface area contributed by atoms with E-state index in [2.05, 4.69) is 55.0 Å². The maximum absolute atomic E-state index is 5.58. The molecule has 0 bridgehead atoms. The Kier molecular flexibility index (Phi) is 4.97. The van der Waals surface area contributed by atoms with Gasteiger partial charge in [0.05, 0.1) is 0 Å². The molecule has 0 aromatic heterocycles. The maximum Gasteiger partial charge on any atom is 0.0235 e. The summed E-state index contributed by atoms with van der Waals surface area (Å²) in [5, 5.41) is 0. The normalized spacial score (nSPS) is 25.7. The van der Waals surface area contributed by atoms with Gasteiger partial charge in [-0.05, 0) is 45.0 Å². The van der Waals surface area contributed by atoms with E-state index in [1.165, 1.54) is 11.1 Å². The number of likely N-dealkylation sites (N-methyl/N-ethyl adjacent to an activating group) is 1. The number of hydrogen-bond acceptors (Lipinski definition) is 3. The van der Waals surface area contributed by atoms with E-state index >= 15 is 0 Å². The quantitative estimate of drug-likeness (QED) is 0.895. The van der Waals surface area contributed by atoms with E-state index in [1.54, 1.807) is 0 Å². The van der Waals surface area contributed by atoms with Crippen molar-refractivity contribution >= 4 is 0 Å². The van der Waals surface area contributed by atoms with Crippen molar-refractivity contribution in [2.24, 2.45) is 5.73 Å². The highest BCUT2D eigenvalue weighted by molar-refractivity contribution is 5.22. The molecule has 19 heavy (non-hydrogen) atoms. The highest BCUT2D eigenvalue weighted by Crippen LogP contribution is 2.16. The molecule has 2 rings (SSSR count). The van der Waals surface area contributed by atoms with Gasteiger partial charge < -0.3 is 5.73 Å². The number of piperazine rings is 1. The van der Waals surface area contributed by atoms with Gasteiger partial charge in [-0.3, -0.25) is 9.80 Å². The minimum atomic E-state index is 0.639. The summed E-state index contributed by atoms with van der Waals surface area (Å²) in [6, 6.07) is 10.2. The smallest absolute Gasteiger partial charge is 0.0235 e. The Balaban J connectivity index is 1.93. The molecule has 1 aliphatic rings. The Morgan fingerprint density at radius 1 is 1.05 bits per heavy atom. The van der Waals surface area contributed by atoms with Gasteiger partial charge in [0.15, 0.2) is 0 Å². The van der Waals surface area contributed by atoms with E-state index in [0.29, 0.717) is 12.1 Å². The zero-order valence-electron chi connectivity index (χ0n) is 12.5. The van der Waals surface area contributed by atoms with Crippen LogP contribution in [0, 0.1) is 0 Å². The third kappa shape index (κ3) is 3.78. The summed E-state index contributed by atoms with van der Waals surface area (Å²) >= 11 is 0. The SMILES string of the molecule is CC1CN(Cc2ccc(CCN)cc2)CC(C)N1C. The lowest BCUT2D eigenvalue weighted by molar-refractivity contribution is 0.0556. The minimum Gasteiger partial charge on any atom is -0.330 e. The third-order valence-electron chi connectivity index (χ3n) is 4.30. The van der Waals surface area contributed by atoms with Gasteiger partial charge in [0.2, 0.25) is 0 Å². The van der Waals surface area contributed by atoms with Crippen LogP contribution >= 0.6 is 0 Å². The number of hydrogen-bond donors (Lipinski definition) is 1. The van der Waals surface area contributed by atoms with E-state index in [4.69, 9.17) is 5.73 Å². The van der Waals surface area contributed by atoms with Gasteiger partial charge in [-0.15, -0.1) is 0 Å². The van der Waals surface area contributed by atoms with Crippen molar-refractivity contribution in [1.82, 2.24) is 9.80 Å². The number of nitrogens with zero attached hydrogens (tertiary/aromatic N) is 2. The van der Waals surface area contributed by atoms with Crippen LogP contribution in [0.4, 0.5) is 0 Å². The monoisotopic (exact) mass is 261 g/mol. The molecular formula is C16H27N3. The molecule has 3 heteroatoms. The lowest BCUT2D eigenvalue weighted by atomic mass is 10.1. The molecule has 2 atom stereocenters. The first kappa shape index (κ1) is 14.5. The fourth-order valence-electron chi connectivity index (χ4n) is 2.88. The highest BCUT2D eigenvalue weighted by atomic mass is 15.3. The summed E-state index contributed by atoms with van der Waals surface area (Å²) in [6.45, 7) is 8.73. The summed E-state index contributed by atoms with van der Waals surface area (Å²) in [6.07, 6.45) is 0.975. The molecular weight excluding hydrogens is 234 g/mol. The van der Waals surface area contributed by atoms with E-state index in [1.807, 2.05) is 0 Å². The van der Waals surface area contributed by atoms with E-state index in [9.17, 15) is 0 Å². The first-order chi connectivity index (χ1) is 9.10. The van der Waals surface area contributed by atoms with Crippen LogP contribution in [0.1, 0.15) is 25.0 Å². The molecule has 1 saturated heterocycles. The molecule has 1 aromatic rings. The standard InChI is InChI=1S/C16H27N3/c1-13-10-19(11-14(2)18(13)3)12-16-6-4-15(5-7-16)8-9-17/h4-7,13-14H,8-12,17H2,1-3H3. The third-order valence-corrected chi connectivity index (χ3v) is 4.30. The van der Waals surface area contributed by atoms with E-state index in [-0.39, 0.29) is 0 Å². The molecule has 1 aliphatic heterocycles. The fourth-order valence-corrected chi connectivity index (χ4v) is 2.88. The Labute approximate surface area is 117 Å². The molecule has 2 N–H and O–H groups in total. The van der Waals surface area contributed by atoms with Crippen molar-refractivity contribution < 1.29 is 0 Å². The molecule has 3 nitrogen and oxygen atoms in total. The van der Waals surface area contributed by atoms with Gasteiger partial charge in [-0.2, -0.15) is 0 Å². The zero-order valence-corrected chi connectivity index (χ0v) is 12.5. The number of benzene rings is 1. The van der Waals surface area contributed by atoms with Crippen molar-refractivity contribution in [1.29, 1.82) is 0 Å². The molecule has 0 radical (unpaired) electrons. The van der Waals surface area contributed by atoms with Crippen LogP contribution in [0.5, 0.6) is 0 Å². The predicted molar refractivity (Wildman–Crippen MR) is 81.2 cm³/mol. The average Bonchev–Trinajstić information content (AvgIpc) is 2.38. The molecule has 0 spiro atoms. The average molecular weight is 261 g/mol. The Morgan fingerprint density at radius 2 is 1.58 bits per heavy atom. The molecule has 0 saturated carbocycles. The maximum atomic E-state index is 5.58. The van der Waals surface area contributed by atoms with Crippen LogP contribution in [0.15, 0.2) is 24.3 Å². The van der Waals surface area contributed by atoms with Crippen LogP contribution in [-0.2, 0) is 13.0 Å². The Morgan fingerprint density at radius 3 is 2.11 bits per heavy atom. The lowest BCUT2D eigenvalue weighted by Gasteiger charge is -2.42. The highest BCUT2D eigenvalue weighted by Gasteiger charge is 2.26. The van der Waals surface area contributed by atoms with Crippen molar-refractivity contribution in [2.45, 2.75) is 38.9 Å². The second-order valence-corrected chi connectivity index (χ2v) is 5.91. The topological polar surface area (TPSA) is 32.5 Å². The molecule has 1 fully saturated rings. The van der Waals surface area contributed by atoms with Gasteiger partial charge in [-0.25, -0.2) is 0 Å². The zero-order chi connectivity index (χ0) is 13.8. The van der Waals surface area contributed by atoms with Crippen LogP contribution < -0.4 is 5.73 Å². The molecule has 1 aromatic carbocycles. The van der Waals surface area contributed by atoms with Gasteiger partial charge >= 0.3 is 0 Å². The van der Waals surface area contributed by atoms with Crippen molar-refractivity contribution in [3.63, 3.8) is 0 Å². The lowest BCUT2D eigenvalue weighted by Crippen LogP contribution is -2.54. The summed E-state index contributed by atoms with van der Waals surface area (Å²) < 4.78 is 0. The predicted octanol–water partition coefficient (Wildman–Crippen LogP) is 1.71. The summed E-state index contributed by atoms with van der Waals surface area (Å²) in [5.74, 6) is 0. The first-order valence-corrected chi connectivity index (χ1v) is 7.32. The molecule has 0 aliphatic carbocycles. The molecule has 2 unspecified atom stereocenters. The van der Waals surface area contributed by atoms with Gasteiger partial charge in [0.1, 0.15) is 0 Å². The van der Waals surface area contributed by atoms with Crippen LogP contribution in [0.3, 0.4) is 0 Å².